The van der Waals surface area contributed by atoms with Gasteiger partial charge in [0, 0.05) is 37.4 Å². The summed E-state index contributed by atoms with van der Waals surface area (Å²) >= 11 is 0. The predicted octanol–water partition coefficient (Wildman–Crippen LogP) is 3.74. The SMILES string of the molecule is CCC1CCC(N(C)c2ncccc2CNC2CC2)CC1. The fourth-order valence-corrected chi connectivity index (χ4v) is 3.54. The molecule has 21 heavy (non-hydrogen) atoms. The fraction of sp³-hybridized carbons (Fsp3) is 0.722. The highest BCUT2D eigenvalue weighted by Crippen LogP contribution is 2.31. The van der Waals surface area contributed by atoms with E-state index < -0.39 is 0 Å². The van der Waals surface area contributed by atoms with Crippen LogP contribution in [0.4, 0.5) is 5.82 Å². The first-order valence-corrected chi connectivity index (χ1v) is 8.68. The Morgan fingerprint density at radius 2 is 1.95 bits per heavy atom. The van der Waals surface area contributed by atoms with E-state index in [1.165, 1.54) is 56.3 Å². The van der Waals surface area contributed by atoms with Crippen LogP contribution in [-0.4, -0.2) is 24.1 Å². The molecule has 1 heterocycles. The van der Waals surface area contributed by atoms with Gasteiger partial charge in [-0.3, -0.25) is 0 Å². The Morgan fingerprint density at radius 3 is 2.62 bits per heavy atom. The van der Waals surface area contributed by atoms with Crippen LogP contribution >= 0.6 is 0 Å². The van der Waals surface area contributed by atoms with Crippen molar-refractivity contribution < 1.29 is 0 Å². The third-order valence-corrected chi connectivity index (χ3v) is 5.30. The van der Waals surface area contributed by atoms with Crippen molar-refractivity contribution >= 4 is 5.82 Å². The molecule has 1 N–H and O–H groups in total. The third-order valence-electron chi connectivity index (χ3n) is 5.30. The summed E-state index contributed by atoms with van der Waals surface area (Å²) in [6, 6.07) is 5.71. The van der Waals surface area contributed by atoms with E-state index in [1.807, 2.05) is 6.20 Å². The molecule has 3 heteroatoms. The number of nitrogens with zero attached hydrogens (tertiary/aromatic N) is 2. The van der Waals surface area contributed by atoms with Gasteiger partial charge in [0.05, 0.1) is 0 Å². The van der Waals surface area contributed by atoms with E-state index in [0.717, 1.165) is 18.5 Å². The third kappa shape index (κ3) is 3.76. The minimum Gasteiger partial charge on any atom is -0.356 e. The number of pyridine rings is 1. The van der Waals surface area contributed by atoms with E-state index in [9.17, 15) is 0 Å². The van der Waals surface area contributed by atoms with E-state index in [-0.39, 0.29) is 0 Å². The Hall–Kier alpha value is -1.09. The lowest BCUT2D eigenvalue weighted by Crippen LogP contribution is -2.36. The normalized spacial score (nSPS) is 25.8. The summed E-state index contributed by atoms with van der Waals surface area (Å²) < 4.78 is 0. The summed E-state index contributed by atoms with van der Waals surface area (Å²) in [6.45, 7) is 3.29. The first-order valence-electron chi connectivity index (χ1n) is 8.68. The van der Waals surface area contributed by atoms with Gasteiger partial charge >= 0.3 is 0 Å². The van der Waals surface area contributed by atoms with Crippen molar-refractivity contribution in [2.24, 2.45) is 5.92 Å². The molecule has 2 saturated carbocycles. The molecule has 1 aromatic rings. The van der Waals surface area contributed by atoms with Crippen LogP contribution in [0.25, 0.3) is 0 Å². The summed E-state index contributed by atoms with van der Waals surface area (Å²) in [5.41, 5.74) is 1.35. The lowest BCUT2D eigenvalue weighted by atomic mass is 9.84. The molecule has 0 atom stereocenters. The van der Waals surface area contributed by atoms with E-state index in [4.69, 9.17) is 0 Å². The highest BCUT2D eigenvalue weighted by molar-refractivity contribution is 5.47. The molecule has 1 aromatic heterocycles. The molecule has 3 rings (SSSR count). The molecule has 0 unspecified atom stereocenters. The van der Waals surface area contributed by atoms with E-state index in [0.29, 0.717) is 6.04 Å². The molecule has 0 amide bonds. The Kier molecular flexibility index (Phi) is 4.79. The topological polar surface area (TPSA) is 28.2 Å². The van der Waals surface area contributed by atoms with Crippen molar-refractivity contribution in [3.05, 3.63) is 23.9 Å². The predicted molar refractivity (Wildman–Crippen MR) is 88.5 cm³/mol. The molecular weight excluding hydrogens is 258 g/mol. The van der Waals surface area contributed by atoms with Crippen LogP contribution in [0.2, 0.25) is 0 Å². The quantitative estimate of drug-likeness (QED) is 0.864. The molecule has 0 radical (unpaired) electrons. The second-order valence-corrected chi connectivity index (χ2v) is 6.84. The summed E-state index contributed by atoms with van der Waals surface area (Å²) in [6.07, 6.45) is 11.4. The van der Waals surface area contributed by atoms with Gasteiger partial charge in [-0.25, -0.2) is 4.98 Å². The van der Waals surface area contributed by atoms with Gasteiger partial charge in [-0.1, -0.05) is 19.4 Å². The van der Waals surface area contributed by atoms with Gasteiger partial charge in [0.15, 0.2) is 0 Å². The molecule has 0 bridgehead atoms. The summed E-state index contributed by atoms with van der Waals surface area (Å²) in [5, 5.41) is 3.62. The van der Waals surface area contributed by atoms with Crippen LogP contribution in [0.15, 0.2) is 18.3 Å². The molecule has 2 fully saturated rings. The number of rotatable bonds is 6. The first-order chi connectivity index (χ1) is 10.3. The number of anilines is 1. The minimum atomic E-state index is 0.669. The van der Waals surface area contributed by atoms with E-state index in [1.54, 1.807) is 0 Å². The van der Waals surface area contributed by atoms with Crippen LogP contribution < -0.4 is 10.2 Å². The van der Waals surface area contributed by atoms with Crippen molar-refractivity contribution in [1.82, 2.24) is 10.3 Å². The first kappa shape index (κ1) is 14.8. The van der Waals surface area contributed by atoms with Crippen LogP contribution in [0.1, 0.15) is 57.4 Å². The van der Waals surface area contributed by atoms with Crippen LogP contribution in [0.3, 0.4) is 0 Å². The highest BCUT2D eigenvalue weighted by Gasteiger charge is 2.25. The van der Waals surface area contributed by atoms with Crippen LogP contribution in [0, 0.1) is 5.92 Å². The maximum Gasteiger partial charge on any atom is 0.132 e. The average molecular weight is 287 g/mol. The lowest BCUT2D eigenvalue weighted by Gasteiger charge is -2.36. The second kappa shape index (κ2) is 6.78. The van der Waals surface area contributed by atoms with Gasteiger partial charge in [-0.15, -0.1) is 0 Å². The molecule has 2 aliphatic rings. The highest BCUT2D eigenvalue weighted by atomic mass is 15.2. The van der Waals surface area contributed by atoms with Gasteiger partial charge in [0.25, 0.3) is 0 Å². The monoisotopic (exact) mass is 287 g/mol. The Bertz CT molecular complexity index is 448. The van der Waals surface area contributed by atoms with Crippen molar-refractivity contribution in [3.63, 3.8) is 0 Å². The maximum atomic E-state index is 4.68. The summed E-state index contributed by atoms with van der Waals surface area (Å²) in [5.74, 6) is 2.14. The van der Waals surface area contributed by atoms with Gasteiger partial charge < -0.3 is 10.2 Å². The molecule has 3 nitrogen and oxygen atoms in total. The standard InChI is InChI=1S/C18H29N3/c1-3-14-6-10-17(11-7-14)21(2)18-15(5-4-12-19-18)13-20-16-8-9-16/h4-5,12,14,16-17,20H,3,6-11,13H2,1-2H3. The molecule has 0 aliphatic heterocycles. The zero-order valence-electron chi connectivity index (χ0n) is 13.5. The summed E-state index contributed by atoms with van der Waals surface area (Å²) in [7, 11) is 2.24. The Labute approximate surface area is 129 Å². The zero-order valence-corrected chi connectivity index (χ0v) is 13.5. The van der Waals surface area contributed by atoms with Crippen molar-refractivity contribution in [2.45, 2.75) is 70.5 Å². The average Bonchev–Trinajstić information content (AvgIpc) is 3.37. The molecule has 0 spiro atoms. The smallest absolute Gasteiger partial charge is 0.132 e. The van der Waals surface area contributed by atoms with Gasteiger partial charge in [-0.05, 0) is 50.5 Å². The lowest BCUT2D eigenvalue weighted by molar-refractivity contribution is 0.312. The summed E-state index contributed by atoms with van der Waals surface area (Å²) in [4.78, 5) is 7.12. The molecular formula is C18H29N3. The second-order valence-electron chi connectivity index (χ2n) is 6.84. The molecule has 0 saturated heterocycles. The largest absolute Gasteiger partial charge is 0.356 e. The van der Waals surface area contributed by atoms with Gasteiger partial charge in [0.2, 0.25) is 0 Å². The van der Waals surface area contributed by atoms with Crippen molar-refractivity contribution in [3.8, 4) is 0 Å². The Morgan fingerprint density at radius 1 is 1.19 bits per heavy atom. The number of hydrogen-bond acceptors (Lipinski definition) is 3. The maximum absolute atomic E-state index is 4.68. The van der Waals surface area contributed by atoms with Crippen LogP contribution in [-0.2, 0) is 6.54 Å². The van der Waals surface area contributed by atoms with Gasteiger partial charge in [-0.2, -0.15) is 0 Å². The zero-order chi connectivity index (χ0) is 14.7. The Balaban J connectivity index is 1.64. The number of nitrogens with one attached hydrogen (secondary N) is 1. The van der Waals surface area contributed by atoms with Crippen LogP contribution in [0.5, 0.6) is 0 Å². The van der Waals surface area contributed by atoms with E-state index in [2.05, 4.69) is 41.3 Å². The molecule has 116 valence electrons. The molecule has 0 aromatic carbocycles. The van der Waals surface area contributed by atoms with E-state index >= 15 is 0 Å². The van der Waals surface area contributed by atoms with Crippen molar-refractivity contribution in [1.29, 1.82) is 0 Å². The minimum absolute atomic E-state index is 0.669. The molecule has 2 aliphatic carbocycles. The fourth-order valence-electron chi connectivity index (χ4n) is 3.54. The number of hydrogen-bond donors (Lipinski definition) is 1. The van der Waals surface area contributed by atoms with Crippen molar-refractivity contribution in [2.75, 3.05) is 11.9 Å². The van der Waals surface area contributed by atoms with Gasteiger partial charge in [0.1, 0.15) is 5.82 Å². The number of aromatic nitrogens is 1.